The summed E-state index contributed by atoms with van der Waals surface area (Å²) in [6.07, 6.45) is 33.4. The summed E-state index contributed by atoms with van der Waals surface area (Å²) in [4.78, 5) is 25.7. The predicted octanol–water partition coefficient (Wildman–Crippen LogP) is 7.60. The standard InChI is InChI=1S/C55H90O15/c1-3-5-7-9-11-13-15-17-19-21-23-25-27-29-31-33-35-37-46(57)65-40-43(68-47(58)38-36-34-32-30-28-26-24-22-20-18-16-14-12-10-8-6-4-2)41-66-54-53(64)51(62)49(60)45(70-54)42-67-55-52(63)50(61)48(59)44(39-56)69-55/h5,7,11,13,17,19,23-26,29-32,43-45,48-56,59-64H,3-4,6,8-10,12,14-16,18,20-22,27-28,33-42H2,1-2H3/b7-5+,13-11+,19-17+,25-23+,26-24+,31-29+,32-30+/t43-,44+,45+,48-,49-,50?,51?,52?,53?,54+,55+/m0/s1. The Labute approximate surface area is 418 Å². The number of carbonyl (C=O) groups excluding carboxylic acids is 2. The highest BCUT2D eigenvalue weighted by atomic mass is 16.7. The average molecular weight is 991 g/mol. The second kappa shape index (κ2) is 41.2. The van der Waals surface area contributed by atoms with Gasteiger partial charge in [-0.05, 0) is 77.0 Å². The Hall–Kier alpha value is -3.32. The minimum Gasteiger partial charge on any atom is -0.462 e. The van der Waals surface area contributed by atoms with E-state index in [4.69, 9.17) is 28.4 Å². The van der Waals surface area contributed by atoms with Crippen molar-refractivity contribution >= 4 is 11.9 Å². The van der Waals surface area contributed by atoms with E-state index in [-0.39, 0.29) is 19.4 Å². The van der Waals surface area contributed by atoms with Gasteiger partial charge < -0.3 is 64.2 Å². The molecule has 0 radical (unpaired) electrons. The average Bonchev–Trinajstić information content (AvgIpc) is 3.35. The summed E-state index contributed by atoms with van der Waals surface area (Å²) >= 11 is 0. The van der Waals surface area contributed by atoms with Crippen molar-refractivity contribution in [2.24, 2.45) is 0 Å². The molecule has 0 aromatic rings. The van der Waals surface area contributed by atoms with Crippen molar-refractivity contribution in [2.45, 2.75) is 223 Å². The molecule has 4 unspecified atom stereocenters. The number of carbonyl (C=O) groups is 2. The van der Waals surface area contributed by atoms with Gasteiger partial charge in [0.1, 0.15) is 55.4 Å². The molecule has 0 amide bonds. The summed E-state index contributed by atoms with van der Waals surface area (Å²) < 4.78 is 33.5. The van der Waals surface area contributed by atoms with Crippen molar-refractivity contribution < 1.29 is 73.8 Å². The van der Waals surface area contributed by atoms with E-state index in [1.165, 1.54) is 57.8 Å². The molecule has 70 heavy (non-hydrogen) atoms. The molecule has 2 saturated heterocycles. The third kappa shape index (κ3) is 28.7. The smallest absolute Gasteiger partial charge is 0.306 e. The zero-order valence-electron chi connectivity index (χ0n) is 42.2. The number of aliphatic hydroxyl groups excluding tert-OH is 7. The van der Waals surface area contributed by atoms with Gasteiger partial charge in [-0.2, -0.15) is 0 Å². The van der Waals surface area contributed by atoms with E-state index in [0.29, 0.717) is 25.7 Å². The van der Waals surface area contributed by atoms with Crippen LogP contribution in [0.25, 0.3) is 0 Å². The van der Waals surface area contributed by atoms with Gasteiger partial charge >= 0.3 is 11.9 Å². The van der Waals surface area contributed by atoms with Crippen LogP contribution in [0.5, 0.6) is 0 Å². The Morgan fingerprint density at radius 3 is 1.41 bits per heavy atom. The Morgan fingerprint density at radius 2 is 0.900 bits per heavy atom. The van der Waals surface area contributed by atoms with Gasteiger partial charge in [0.05, 0.1) is 19.8 Å². The van der Waals surface area contributed by atoms with E-state index in [1.54, 1.807) is 0 Å². The highest BCUT2D eigenvalue weighted by Crippen LogP contribution is 2.26. The van der Waals surface area contributed by atoms with Crippen LogP contribution in [0.4, 0.5) is 0 Å². The third-order valence-corrected chi connectivity index (χ3v) is 11.9. The number of aliphatic hydroxyl groups is 7. The first-order chi connectivity index (χ1) is 34.0. The van der Waals surface area contributed by atoms with Crippen LogP contribution >= 0.6 is 0 Å². The number of ether oxygens (including phenoxy) is 6. The first kappa shape index (κ1) is 62.8. The molecular formula is C55H90O15. The monoisotopic (exact) mass is 991 g/mol. The zero-order chi connectivity index (χ0) is 51.0. The molecule has 2 rings (SSSR count). The van der Waals surface area contributed by atoms with Crippen molar-refractivity contribution in [1.82, 2.24) is 0 Å². The Balaban J connectivity index is 1.85. The lowest BCUT2D eigenvalue weighted by atomic mass is 9.98. The van der Waals surface area contributed by atoms with Gasteiger partial charge in [0.25, 0.3) is 0 Å². The second-order valence-electron chi connectivity index (χ2n) is 18.0. The van der Waals surface area contributed by atoms with Crippen molar-refractivity contribution in [2.75, 3.05) is 26.4 Å². The van der Waals surface area contributed by atoms with Gasteiger partial charge in [-0.3, -0.25) is 9.59 Å². The maximum absolute atomic E-state index is 13.0. The molecule has 0 bridgehead atoms. The predicted molar refractivity (Wildman–Crippen MR) is 270 cm³/mol. The lowest BCUT2D eigenvalue weighted by molar-refractivity contribution is -0.332. The summed E-state index contributed by atoms with van der Waals surface area (Å²) in [6.45, 7) is 2.36. The fraction of sp³-hybridized carbons (Fsp3) is 0.709. The minimum absolute atomic E-state index is 0.0846. The van der Waals surface area contributed by atoms with Crippen LogP contribution in [0.1, 0.15) is 155 Å². The van der Waals surface area contributed by atoms with Crippen molar-refractivity contribution in [3.05, 3.63) is 85.1 Å². The molecule has 7 N–H and O–H groups in total. The molecule has 2 aliphatic rings. The van der Waals surface area contributed by atoms with Gasteiger partial charge in [0, 0.05) is 12.8 Å². The van der Waals surface area contributed by atoms with E-state index in [0.717, 1.165) is 44.9 Å². The zero-order valence-corrected chi connectivity index (χ0v) is 42.2. The molecule has 15 heteroatoms. The number of allylic oxidation sites excluding steroid dienone is 14. The maximum atomic E-state index is 13.0. The Bertz CT molecular complexity index is 1540. The number of rotatable bonds is 39. The first-order valence-corrected chi connectivity index (χ1v) is 26.2. The van der Waals surface area contributed by atoms with Crippen LogP contribution in [0.2, 0.25) is 0 Å². The van der Waals surface area contributed by atoms with Gasteiger partial charge in [0.2, 0.25) is 0 Å². The molecule has 2 heterocycles. The molecule has 0 aliphatic carbocycles. The fourth-order valence-electron chi connectivity index (χ4n) is 7.58. The van der Waals surface area contributed by atoms with E-state index in [1.807, 2.05) is 18.2 Å². The number of esters is 2. The van der Waals surface area contributed by atoms with Crippen LogP contribution in [-0.4, -0.2) is 142 Å². The molecule has 0 spiro atoms. The summed E-state index contributed by atoms with van der Waals surface area (Å²) in [5.74, 6) is -1.05. The first-order valence-electron chi connectivity index (χ1n) is 26.2. The van der Waals surface area contributed by atoms with Gasteiger partial charge in [0.15, 0.2) is 18.7 Å². The van der Waals surface area contributed by atoms with E-state index in [9.17, 15) is 45.3 Å². The number of unbranched alkanes of at least 4 members (excludes halogenated alkanes) is 11. The van der Waals surface area contributed by atoms with Crippen LogP contribution in [0.15, 0.2) is 85.1 Å². The number of hydrogen-bond donors (Lipinski definition) is 7. The second-order valence-corrected chi connectivity index (χ2v) is 18.0. The molecule has 2 fully saturated rings. The van der Waals surface area contributed by atoms with Gasteiger partial charge in [-0.25, -0.2) is 0 Å². The van der Waals surface area contributed by atoms with Gasteiger partial charge in [-0.1, -0.05) is 150 Å². The van der Waals surface area contributed by atoms with Gasteiger partial charge in [-0.15, -0.1) is 0 Å². The summed E-state index contributed by atoms with van der Waals surface area (Å²) in [6, 6.07) is 0. The van der Waals surface area contributed by atoms with Crippen LogP contribution in [0, 0.1) is 0 Å². The fourth-order valence-corrected chi connectivity index (χ4v) is 7.58. The van der Waals surface area contributed by atoms with Crippen molar-refractivity contribution in [3.8, 4) is 0 Å². The molecule has 0 aromatic heterocycles. The Morgan fingerprint density at radius 1 is 0.471 bits per heavy atom. The summed E-state index contributed by atoms with van der Waals surface area (Å²) in [5.41, 5.74) is 0. The maximum Gasteiger partial charge on any atom is 0.306 e. The van der Waals surface area contributed by atoms with E-state index < -0.39 is 99.3 Å². The summed E-state index contributed by atoms with van der Waals surface area (Å²) in [5, 5.41) is 72.1. The van der Waals surface area contributed by atoms with Crippen LogP contribution in [0.3, 0.4) is 0 Å². The molecule has 11 atom stereocenters. The topological polar surface area (TPSA) is 231 Å². The molecule has 15 nitrogen and oxygen atoms in total. The lowest BCUT2D eigenvalue weighted by Gasteiger charge is -2.42. The van der Waals surface area contributed by atoms with Crippen LogP contribution in [-0.2, 0) is 38.0 Å². The summed E-state index contributed by atoms with van der Waals surface area (Å²) in [7, 11) is 0. The van der Waals surface area contributed by atoms with Crippen LogP contribution < -0.4 is 0 Å². The highest BCUT2D eigenvalue weighted by molar-refractivity contribution is 5.70. The number of hydrogen-bond acceptors (Lipinski definition) is 15. The normalized spacial score (nSPS) is 26.1. The molecule has 0 aromatic carbocycles. The van der Waals surface area contributed by atoms with Crippen molar-refractivity contribution in [1.29, 1.82) is 0 Å². The highest BCUT2D eigenvalue weighted by Gasteiger charge is 2.47. The van der Waals surface area contributed by atoms with E-state index >= 15 is 0 Å². The quantitative estimate of drug-likeness (QED) is 0.0179. The molecule has 0 saturated carbocycles. The third-order valence-electron chi connectivity index (χ3n) is 11.9. The largest absolute Gasteiger partial charge is 0.462 e. The SMILES string of the molecule is CC/C=C/C/C=C/C/C=C/C/C=C/C/C=C/CCCC(=O)OC[C@@H](CO[C@@H]1O[C@H](CO[C@@H]2O[C@H](CO)[C@H](O)C(O)C2O)[C@H](O)C(O)C1O)OC(=O)CCC/C=C/C/C=C/CCCCCCCCCCC. The van der Waals surface area contributed by atoms with Crippen molar-refractivity contribution in [3.63, 3.8) is 0 Å². The minimum atomic E-state index is -1.78. The van der Waals surface area contributed by atoms with E-state index in [2.05, 4.69) is 80.7 Å². The molecule has 400 valence electrons. The lowest BCUT2D eigenvalue weighted by Crippen LogP contribution is -2.61. The molecular weight excluding hydrogens is 901 g/mol. The Kier molecular flexibility index (Phi) is 36.9. The molecule has 2 aliphatic heterocycles.